The molecule has 0 fully saturated rings. The molecule has 0 radical (unpaired) electrons. The highest BCUT2D eigenvalue weighted by Crippen LogP contribution is 2.36. The Kier molecular flexibility index (Phi) is 2.71. The zero-order valence-corrected chi connectivity index (χ0v) is 12.1. The summed E-state index contributed by atoms with van der Waals surface area (Å²) in [5.41, 5.74) is 3.26. The number of aryl methyl sites for hydroxylation is 1. The van der Waals surface area contributed by atoms with Gasteiger partial charge in [-0.3, -0.25) is 9.20 Å². The summed E-state index contributed by atoms with van der Waals surface area (Å²) in [5.74, 6) is 1.50. The Morgan fingerprint density at radius 3 is 2.90 bits per heavy atom. The van der Waals surface area contributed by atoms with Crippen LogP contribution in [0.1, 0.15) is 16.2 Å². The van der Waals surface area contributed by atoms with Crippen LogP contribution in [-0.4, -0.2) is 28.9 Å². The van der Waals surface area contributed by atoms with E-state index in [0.717, 1.165) is 39.7 Å². The average molecular weight is 300 g/mol. The molecule has 0 spiro atoms. The number of aromatic nitrogens is 2. The van der Waals surface area contributed by atoms with Gasteiger partial charge in [0.05, 0.1) is 11.4 Å². The van der Waals surface area contributed by atoms with Gasteiger partial charge >= 0.3 is 0 Å². The number of thiazole rings is 1. The summed E-state index contributed by atoms with van der Waals surface area (Å²) in [6, 6.07) is 5.82. The van der Waals surface area contributed by atoms with E-state index in [9.17, 15) is 4.79 Å². The predicted molar refractivity (Wildman–Crippen MR) is 79.6 cm³/mol. The molecule has 4 rings (SSSR count). The van der Waals surface area contributed by atoms with Gasteiger partial charge in [0.2, 0.25) is 0 Å². The van der Waals surface area contributed by atoms with Gasteiger partial charge in [-0.25, -0.2) is 4.98 Å². The summed E-state index contributed by atoms with van der Waals surface area (Å²) in [6.07, 6.45) is 0.851. The van der Waals surface area contributed by atoms with Crippen LogP contribution < -0.4 is 9.47 Å². The van der Waals surface area contributed by atoms with E-state index < -0.39 is 0 Å². The lowest BCUT2D eigenvalue weighted by molar-refractivity contribution is 0.111. The summed E-state index contributed by atoms with van der Waals surface area (Å²) in [6.45, 7) is 2.97. The fraction of sp³-hybridized carbons (Fsp3) is 0.200. The molecular weight excluding hydrogens is 288 g/mol. The van der Waals surface area contributed by atoms with Gasteiger partial charge in [-0.15, -0.1) is 11.3 Å². The number of nitrogens with zero attached hydrogens (tertiary/aromatic N) is 2. The molecule has 5 nitrogen and oxygen atoms in total. The molecular formula is C15H12N2O3S. The van der Waals surface area contributed by atoms with Gasteiger partial charge in [0.25, 0.3) is 0 Å². The van der Waals surface area contributed by atoms with E-state index in [1.807, 2.05) is 34.9 Å². The topological polar surface area (TPSA) is 52.8 Å². The third-order valence-corrected chi connectivity index (χ3v) is 4.36. The van der Waals surface area contributed by atoms with Crippen LogP contribution in [0.4, 0.5) is 0 Å². The van der Waals surface area contributed by atoms with Crippen LogP contribution in [0.5, 0.6) is 11.5 Å². The fourth-order valence-electron chi connectivity index (χ4n) is 2.53. The van der Waals surface area contributed by atoms with E-state index in [4.69, 9.17) is 9.47 Å². The van der Waals surface area contributed by atoms with Gasteiger partial charge < -0.3 is 9.47 Å². The normalized spacial score (nSPS) is 13.6. The van der Waals surface area contributed by atoms with E-state index >= 15 is 0 Å². The van der Waals surface area contributed by atoms with Crippen molar-refractivity contribution < 1.29 is 14.3 Å². The highest BCUT2D eigenvalue weighted by atomic mass is 32.1. The van der Waals surface area contributed by atoms with Crippen molar-refractivity contribution in [3.8, 4) is 22.8 Å². The number of ether oxygens (including phenoxy) is 2. The first-order valence-electron chi connectivity index (χ1n) is 6.59. The van der Waals surface area contributed by atoms with Gasteiger partial charge in [0, 0.05) is 10.9 Å². The summed E-state index contributed by atoms with van der Waals surface area (Å²) < 4.78 is 13.0. The van der Waals surface area contributed by atoms with Crippen molar-refractivity contribution in [1.82, 2.24) is 9.38 Å². The lowest BCUT2D eigenvalue weighted by Gasteiger charge is -2.18. The lowest BCUT2D eigenvalue weighted by Crippen LogP contribution is -2.15. The number of carbonyl (C=O) groups excluding carboxylic acids is 1. The summed E-state index contributed by atoms with van der Waals surface area (Å²) in [5, 5.41) is 2.00. The number of fused-ring (bicyclic) bond motifs is 2. The maximum absolute atomic E-state index is 11.3. The number of carbonyl (C=O) groups is 1. The molecule has 0 saturated carbocycles. The van der Waals surface area contributed by atoms with Crippen molar-refractivity contribution in [2.75, 3.05) is 13.2 Å². The standard InChI is InChI=1S/C15H12N2O3S/c1-9-11(7-18)17-12(8-21-15(17)16-9)10-2-3-13-14(6-10)20-5-4-19-13/h2-3,6-8H,4-5H2,1H3. The number of imidazole rings is 1. The van der Waals surface area contributed by atoms with Gasteiger partial charge in [-0.1, -0.05) is 0 Å². The van der Waals surface area contributed by atoms with Crippen molar-refractivity contribution in [2.24, 2.45) is 0 Å². The van der Waals surface area contributed by atoms with Crippen molar-refractivity contribution in [2.45, 2.75) is 6.92 Å². The minimum atomic E-state index is 0.555. The van der Waals surface area contributed by atoms with Crippen molar-refractivity contribution in [1.29, 1.82) is 0 Å². The molecule has 1 aliphatic heterocycles. The number of hydrogen-bond donors (Lipinski definition) is 0. The molecule has 21 heavy (non-hydrogen) atoms. The lowest BCUT2D eigenvalue weighted by atomic mass is 10.1. The molecule has 106 valence electrons. The Morgan fingerprint density at radius 1 is 1.29 bits per heavy atom. The number of rotatable bonds is 2. The van der Waals surface area contributed by atoms with Crippen molar-refractivity contribution in [3.05, 3.63) is 35.0 Å². The molecule has 0 bridgehead atoms. The van der Waals surface area contributed by atoms with E-state index in [0.29, 0.717) is 18.9 Å². The van der Waals surface area contributed by atoms with Gasteiger partial charge in [-0.2, -0.15) is 0 Å². The zero-order valence-electron chi connectivity index (χ0n) is 11.3. The summed E-state index contributed by atoms with van der Waals surface area (Å²) in [7, 11) is 0. The van der Waals surface area contributed by atoms with E-state index in [-0.39, 0.29) is 0 Å². The second-order valence-corrected chi connectivity index (χ2v) is 5.63. The second kappa shape index (κ2) is 4.60. The van der Waals surface area contributed by atoms with E-state index in [1.165, 1.54) is 11.3 Å². The maximum Gasteiger partial charge on any atom is 0.194 e. The molecule has 0 amide bonds. The fourth-order valence-corrected chi connectivity index (χ4v) is 3.48. The quantitative estimate of drug-likeness (QED) is 0.683. The average Bonchev–Trinajstić information content (AvgIpc) is 3.04. The van der Waals surface area contributed by atoms with Crippen LogP contribution >= 0.6 is 11.3 Å². The first kappa shape index (κ1) is 12.4. The Bertz CT molecular complexity index is 850. The Balaban J connectivity index is 1.92. The minimum absolute atomic E-state index is 0.555. The number of hydrogen-bond acceptors (Lipinski definition) is 5. The predicted octanol–water partition coefficient (Wildman–Crippen LogP) is 2.95. The molecule has 6 heteroatoms. The van der Waals surface area contributed by atoms with E-state index in [2.05, 4.69) is 4.98 Å². The van der Waals surface area contributed by atoms with E-state index in [1.54, 1.807) is 0 Å². The summed E-state index contributed by atoms with van der Waals surface area (Å²) >= 11 is 1.52. The largest absolute Gasteiger partial charge is 0.486 e. The Morgan fingerprint density at radius 2 is 2.10 bits per heavy atom. The molecule has 1 aromatic carbocycles. The van der Waals surface area contributed by atoms with Crippen LogP contribution in [0.25, 0.3) is 16.2 Å². The van der Waals surface area contributed by atoms with Crippen LogP contribution in [-0.2, 0) is 0 Å². The highest BCUT2D eigenvalue weighted by Gasteiger charge is 2.17. The molecule has 0 unspecified atom stereocenters. The highest BCUT2D eigenvalue weighted by molar-refractivity contribution is 7.15. The molecule has 0 atom stereocenters. The molecule has 3 aromatic rings. The first-order chi connectivity index (χ1) is 10.3. The zero-order chi connectivity index (χ0) is 14.4. The minimum Gasteiger partial charge on any atom is -0.486 e. The molecule has 0 N–H and O–H groups in total. The molecule has 0 aliphatic carbocycles. The Labute approximate surface area is 124 Å². The van der Waals surface area contributed by atoms with Crippen LogP contribution in [0.3, 0.4) is 0 Å². The molecule has 1 aliphatic rings. The molecule has 0 saturated heterocycles. The third-order valence-electron chi connectivity index (χ3n) is 3.53. The van der Waals surface area contributed by atoms with Crippen LogP contribution in [0.2, 0.25) is 0 Å². The Hall–Kier alpha value is -2.34. The van der Waals surface area contributed by atoms with Gasteiger partial charge in [-0.05, 0) is 25.1 Å². The molecule has 2 aromatic heterocycles. The van der Waals surface area contributed by atoms with Crippen LogP contribution in [0.15, 0.2) is 23.6 Å². The second-order valence-electron chi connectivity index (χ2n) is 4.80. The smallest absolute Gasteiger partial charge is 0.194 e. The maximum atomic E-state index is 11.3. The monoisotopic (exact) mass is 300 g/mol. The van der Waals surface area contributed by atoms with Gasteiger partial charge in [0.1, 0.15) is 18.9 Å². The van der Waals surface area contributed by atoms with Crippen molar-refractivity contribution >= 4 is 22.6 Å². The number of aldehydes is 1. The third kappa shape index (κ3) is 1.83. The van der Waals surface area contributed by atoms with Gasteiger partial charge in [0.15, 0.2) is 22.7 Å². The van der Waals surface area contributed by atoms with Crippen molar-refractivity contribution in [3.63, 3.8) is 0 Å². The van der Waals surface area contributed by atoms with Crippen LogP contribution in [0, 0.1) is 6.92 Å². The first-order valence-corrected chi connectivity index (χ1v) is 7.47. The summed E-state index contributed by atoms with van der Waals surface area (Å²) in [4.78, 5) is 16.5. The molecule has 3 heterocycles. The SMILES string of the molecule is Cc1nc2scc(-c3ccc4c(c3)OCCO4)n2c1C=O. The number of benzene rings is 1.